The van der Waals surface area contributed by atoms with Gasteiger partial charge in [0, 0.05) is 24.7 Å². The van der Waals surface area contributed by atoms with Gasteiger partial charge in [0.25, 0.3) is 0 Å². The van der Waals surface area contributed by atoms with Crippen molar-refractivity contribution >= 4 is 17.8 Å². The number of benzene rings is 2. The number of rotatable bonds is 9. The molecule has 3 rings (SSSR count). The molecule has 3 aromatic rings. The van der Waals surface area contributed by atoms with E-state index in [1.54, 1.807) is 35.9 Å². The van der Waals surface area contributed by atoms with Crippen molar-refractivity contribution in [2.75, 3.05) is 18.4 Å². The predicted octanol–water partition coefficient (Wildman–Crippen LogP) is 4.99. The molecule has 0 atom stereocenters. The van der Waals surface area contributed by atoms with E-state index in [1.807, 2.05) is 44.2 Å². The molecule has 0 aliphatic heterocycles. The van der Waals surface area contributed by atoms with Crippen LogP contribution in [0.1, 0.15) is 25.8 Å². The van der Waals surface area contributed by atoms with Crippen molar-refractivity contribution in [1.82, 2.24) is 14.5 Å². The number of hydrogen-bond acceptors (Lipinski definition) is 3. The standard InChI is InChI=1S/C26H29FN4O2/c1-5-13-30(25(33)14-18(2)3)17-24(32)29-26-28-23(20-9-7-6-8-10-20)16-31(26)21-12-11-19(4)22(27)15-21/h5-12,15-16,18H,1,13-14,17H2,2-4H3,(H,28,29,32). The Kier molecular flexibility index (Phi) is 7.77. The molecule has 6 nitrogen and oxygen atoms in total. The zero-order valence-electron chi connectivity index (χ0n) is 19.2. The van der Waals surface area contributed by atoms with Gasteiger partial charge < -0.3 is 4.90 Å². The number of aryl methyl sites for hydroxylation is 1. The Morgan fingerprint density at radius 3 is 2.58 bits per heavy atom. The lowest BCUT2D eigenvalue weighted by Gasteiger charge is -2.21. The first-order valence-electron chi connectivity index (χ1n) is 10.9. The first kappa shape index (κ1) is 23.9. The molecular weight excluding hydrogens is 419 g/mol. The second-order valence-electron chi connectivity index (χ2n) is 8.33. The van der Waals surface area contributed by atoms with Crippen molar-refractivity contribution in [3.05, 3.63) is 78.8 Å². The molecule has 0 saturated carbocycles. The van der Waals surface area contributed by atoms with Gasteiger partial charge in [0.1, 0.15) is 12.4 Å². The van der Waals surface area contributed by atoms with Crippen LogP contribution in [-0.2, 0) is 9.59 Å². The van der Waals surface area contributed by atoms with Crippen LogP contribution in [0.15, 0.2) is 67.4 Å². The van der Waals surface area contributed by atoms with Crippen molar-refractivity contribution in [3.63, 3.8) is 0 Å². The van der Waals surface area contributed by atoms with Gasteiger partial charge in [0.15, 0.2) is 0 Å². The summed E-state index contributed by atoms with van der Waals surface area (Å²) in [6, 6.07) is 14.3. The highest BCUT2D eigenvalue weighted by molar-refractivity contribution is 5.94. The van der Waals surface area contributed by atoms with Crippen LogP contribution in [-0.4, -0.2) is 39.4 Å². The molecule has 0 aliphatic rings. The van der Waals surface area contributed by atoms with E-state index < -0.39 is 5.91 Å². The number of amides is 2. The minimum absolute atomic E-state index is 0.117. The summed E-state index contributed by atoms with van der Waals surface area (Å²) in [4.78, 5) is 31.4. The van der Waals surface area contributed by atoms with Crippen LogP contribution in [0.4, 0.5) is 10.3 Å². The van der Waals surface area contributed by atoms with E-state index in [4.69, 9.17) is 0 Å². The zero-order valence-corrected chi connectivity index (χ0v) is 19.2. The summed E-state index contributed by atoms with van der Waals surface area (Å²) in [5.74, 6) is -0.438. The molecule has 2 amide bonds. The van der Waals surface area contributed by atoms with Gasteiger partial charge in [-0.25, -0.2) is 9.37 Å². The Morgan fingerprint density at radius 1 is 1.21 bits per heavy atom. The number of hydrogen-bond donors (Lipinski definition) is 1. The fraction of sp³-hybridized carbons (Fsp3) is 0.269. The lowest BCUT2D eigenvalue weighted by molar-refractivity contribution is -0.134. The van der Waals surface area contributed by atoms with E-state index >= 15 is 0 Å². The molecule has 1 heterocycles. The molecule has 0 saturated heterocycles. The quantitative estimate of drug-likeness (QED) is 0.469. The van der Waals surface area contributed by atoms with Gasteiger partial charge in [0.2, 0.25) is 17.8 Å². The van der Waals surface area contributed by atoms with Crippen molar-refractivity contribution < 1.29 is 14.0 Å². The van der Waals surface area contributed by atoms with Gasteiger partial charge in [-0.2, -0.15) is 0 Å². The van der Waals surface area contributed by atoms with Crippen molar-refractivity contribution in [1.29, 1.82) is 0 Å². The summed E-state index contributed by atoms with van der Waals surface area (Å²) in [7, 11) is 0. The number of aromatic nitrogens is 2. The maximum absolute atomic E-state index is 14.3. The molecule has 0 radical (unpaired) electrons. The lowest BCUT2D eigenvalue weighted by Crippen LogP contribution is -2.38. The third kappa shape index (κ3) is 6.16. The van der Waals surface area contributed by atoms with E-state index in [2.05, 4.69) is 16.9 Å². The Balaban J connectivity index is 1.91. The molecule has 1 N–H and O–H groups in total. The highest BCUT2D eigenvalue weighted by Crippen LogP contribution is 2.25. The molecule has 0 fully saturated rings. The SMILES string of the molecule is C=CCN(CC(=O)Nc1nc(-c2ccccc2)cn1-c1ccc(C)c(F)c1)C(=O)CC(C)C. The van der Waals surface area contributed by atoms with Gasteiger partial charge in [0.05, 0.1) is 11.4 Å². The summed E-state index contributed by atoms with van der Waals surface area (Å²) in [6.07, 6.45) is 3.69. The summed E-state index contributed by atoms with van der Waals surface area (Å²) in [5.41, 5.74) is 2.55. The lowest BCUT2D eigenvalue weighted by atomic mass is 10.1. The molecule has 1 aromatic heterocycles. The van der Waals surface area contributed by atoms with E-state index in [0.29, 0.717) is 23.4 Å². The Hall–Kier alpha value is -3.74. The molecule has 0 unspecified atom stereocenters. The van der Waals surface area contributed by atoms with Crippen LogP contribution in [0.3, 0.4) is 0 Å². The van der Waals surface area contributed by atoms with Crippen molar-refractivity contribution in [2.24, 2.45) is 5.92 Å². The summed E-state index contributed by atoms with van der Waals surface area (Å²) in [5, 5.41) is 2.79. The van der Waals surface area contributed by atoms with E-state index in [1.165, 1.54) is 11.0 Å². The minimum Gasteiger partial charge on any atom is -0.330 e. The second-order valence-corrected chi connectivity index (χ2v) is 8.33. The van der Waals surface area contributed by atoms with E-state index in [0.717, 1.165) is 5.56 Å². The predicted molar refractivity (Wildman–Crippen MR) is 129 cm³/mol. The number of imidazole rings is 1. The Morgan fingerprint density at radius 2 is 1.94 bits per heavy atom. The number of carbonyl (C=O) groups is 2. The van der Waals surface area contributed by atoms with Crippen LogP contribution in [0.5, 0.6) is 0 Å². The minimum atomic E-state index is -0.395. The summed E-state index contributed by atoms with van der Waals surface area (Å²) in [6.45, 7) is 9.41. The molecule has 2 aromatic carbocycles. The zero-order chi connectivity index (χ0) is 24.0. The number of anilines is 1. The molecule has 0 bridgehead atoms. The highest BCUT2D eigenvalue weighted by atomic mass is 19.1. The third-order valence-electron chi connectivity index (χ3n) is 5.08. The topological polar surface area (TPSA) is 67.2 Å². The molecule has 33 heavy (non-hydrogen) atoms. The van der Waals surface area contributed by atoms with Crippen LogP contribution in [0.25, 0.3) is 16.9 Å². The van der Waals surface area contributed by atoms with Gasteiger partial charge in [-0.3, -0.25) is 19.5 Å². The smallest absolute Gasteiger partial charge is 0.246 e. The van der Waals surface area contributed by atoms with Crippen LogP contribution < -0.4 is 5.32 Å². The first-order valence-corrected chi connectivity index (χ1v) is 10.9. The fourth-order valence-corrected chi connectivity index (χ4v) is 3.37. The monoisotopic (exact) mass is 448 g/mol. The Bertz CT molecular complexity index is 1140. The maximum atomic E-state index is 14.3. The van der Waals surface area contributed by atoms with Gasteiger partial charge in [-0.05, 0) is 30.5 Å². The fourth-order valence-electron chi connectivity index (χ4n) is 3.37. The molecule has 7 heteroatoms. The first-order chi connectivity index (χ1) is 15.8. The van der Waals surface area contributed by atoms with Gasteiger partial charge >= 0.3 is 0 Å². The van der Waals surface area contributed by atoms with E-state index in [-0.39, 0.29) is 36.7 Å². The summed E-state index contributed by atoms with van der Waals surface area (Å²) >= 11 is 0. The normalized spacial score (nSPS) is 10.8. The number of halogens is 1. The van der Waals surface area contributed by atoms with Crippen LogP contribution in [0, 0.1) is 18.7 Å². The highest BCUT2D eigenvalue weighted by Gasteiger charge is 2.20. The van der Waals surface area contributed by atoms with Gasteiger partial charge in [-0.15, -0.1) is 6.58 Å². The van der Waals surface area contributed by atoms with Crippen LogP contribution >= 0.6 is 0 Å². The van der Waals surface area contributed by atoms with Crippen molar-refractivity contribution in [2.45, 2.75) is 27.2 Å². The van der Waals surface area contributed by atoms with E-state index in [9.17, 15) is 14.0 Å². The largest absolute Gasteiger partial charge is 0.330 e. The molecule has 172 valence electrons. The molecule has 0 aliphatic carbocycles. The number of carbonyl (C=O) groups excluding carboxylic acids is 2. The average Bonchev–Trinajstić information content (AvgIpc) is 3.19. The van der Waals surface area contributed by atoms with Crippen molar-refractivity contribution in [3.8, 4) is 16.9 Å². The maximum Gasteiger partial charge on any atom is 0.246 e. The Labute approximate surface area is 193 Å². The molecule has 0 spiro atoms. The van der Waals surface area contributed by atoms with Gasteiger partial charge in [-0.1, -0.05) is 56.3 Å². The average molecular weight is 449 g/mol. The third-order valence-corrected chi connectivity index (χ3v) is 5.08. The number of nitrogens with one attached hydrogen (secondary N) is 1. The summed E-state index contributed by atoms with van der Waals surface area (Å²) < 4.78 is 15.9. The molecular formula is C26H29FN4O2. The second kappa shape index (κ2) is 10.7. The number of nitrogens with zero attached hydrogens (tertiary/aromatic N) is 3. The van der Waals surface area contributed by atoms with Crippen LogP contribution in [0.2, 0.25) is 0 Å².